The first kappa shape index (κ1) is 16.7. The number of carbonyl (C=O) groups is 1. The molecule has 0 bridgehead atoms. The Morgan fingerprint density at radius 2 is 2.19 bits per heavy atom. The zero-order valence-electron chi connectivity index (χ0n) is 12.5. The van der Waals surface area contributed by atoms with Gasteiger partial charge in [0, 0.05) is 16.5 Å². The second-order valence-corrected chi connectivity index (χ2v) is 6.69. The summed E-state index contributed by atoms with van der Waals surface area (Å²) in [5.74, 6) is 1.77. The van der Waals surface area contributed by atoms with E-state index in [1.54, 1.807) is 11.8 Å². The second kappa shape index (κ2) is 7.52. The summed E-state index contributed by atoms with van der Waals surface area (Å²) in [7, 11) is 1.85. The Morgan fingerprint density at radius 3 is 2.76 bits per heavy atom. The van der Waals surface area contributed by atoms with Gasteiger partial charge in [-0.2, -0.15) is 11.8 Å². The van der Waals surface area contributed by atoms with Crippen molar-refractivity contribution in [2.24, 2.45) is 5.92 Å². The van der Waals surface area contributed by atoms with Gasteiger partial charge in [0.2, 0.25) is 0 Å². The van der Waals surface area contributed by atoms with E-state index in [1.807, 2.05) is 38.2 Å². The fraction of sp³-hybridized carbons (Fsp3) is 0.562. The molecule has 0 aromatic heterocycles. The van der Waals surface area contributed by atoms with Crippen LogP contribution in [0.2, 0.25) is 5.02 Å². The van der Waals surface area contributed by atoms with Crippen molar-refractivity contribution in [1.29, 1.82) is 0 Å². The summed E-state index contributed by atoms with van der Waals surface area (Å²) in [5, 5.41) is 4.01. The number of thioether (sulfide) groups is 1. The molecule has 3 nitrogen and oxygen atoms in total. The third-order valence-corrected chi connectivity index (χ3v) is 5.45. The molecule has 0 heterocycles. The minimum atomic E-state index is -0.554. The topological polar surface area (TPSA) is 38.3 Å². The van der Waals surface area contributed by atoms with Crippen LogP contribution >= 0.6 is 23.4 Å². The molecule has 116 valence electrons. The molecule has 0 aliphatic heterocycles. The van der Waals surface area contributed by atoms with Gasteiger partial charge in [-0.1, -0.05) is 29.8 Å². The second-order valence-electron chi connectivity index (χ2n) is 5.30. The Balaban J connectivity index is 1.99. The van der Waals surface area contributed by atoms with Crippen LogP contribution in [0, 0.1) is 5.92 Å². The summed E-state index contributed by atoms with van der Waals surface area (Å²) in [6.45, 7) is 2.27. The molecule has 21 heavy (non-hydrogen) atoms. The number of halogens is 1. The zero-order chi connectivity index (χ0) is 15.3. The third kappa shape index (κ3) is 3.93. The number of hydrogen-bond donors (Lipinski definition) is 1. The van der Waals surface area contributed by atoms with Gasteiger partial charge in [-0.05, 0) is 44.4 Å². The monoisotopic (exact) mass is 327 g/mol. The lowest BCUT2D eigenvalue weighted by molar-refractivity contribution is -0.150. The molecule has 1 aromatic carbocycles. The van der Waals surface area contributed by atoms with Crippen molar-refractivity contribution < 1.29 is 9.53 Å². The van der Waals surface area contributed by atoms with Crippen LogP contribution in [0.5, 0.6) is 0 Å². The number of rotatable bonds is 8. The summed E-state index contributed by atoms with van der Waals surface area (Å²) >= 11 is 7.90. The van der Waals surface area contributed by atoms with Gasteiger partial charge in [0.15, 0.2) is 0 Å². The average molecular weight is 328 g/mol. The first-order chi connectivity index (χ1) is 10.1. The maximum Gasteiger partial charge on any atom is 0.327 e. The normalized spacial score (nSPS) is 17.3. The summed E-state index contributed by atoms with van der Waals surface area (Å²) in [4.78, 5) is 12.4. The highest BCUT2D eigenvalue weighted by molar-refractivity contribution is 7.98. The van der Waals surface area contributed by atoms with Crippen LogP contribution in [0.3, 0.4) is 0 Å². The van der Waals surface area contributed by atoms with E-state index in [9.17, 15) is 4.79 Å². The lowest BCUT2D eigenvalue weighted by Crippen LogP contribution is -2.55. The Kier molecular flexibility index (Phi) is 5.97. The molecule has 0 radical (unpaired) electrons. The number of carbonyl (C=O) groups excluding carboxylic acids is 1. The smallest absolute Gasteiger partial charge is 0.327 e. The number of nitrogens with one attached hydrogen (secondary N) is 1. The van der Waals surface area contributed by atoms with Crippen molar-refractivity contribution in [3.05, 3.63) is 34.9 Å². The zero-order valence-corrected chi connectivity index (χ0v) is 14.1. The Bertz CT molecular complexity index is 493. The van der Waals surface area contributed by atoms with Crippen LogP contribution < -0.4 is 5.32 Å². The molecule has 0 saturated heterocycles. The van der Waals surface area contributed by atoms with Gasteiger partial charge >= 0.3 is 5.97 Å². The molecule has 1 fully saturated rings. The molecule has 1 aliphatic rings. The third-order valence-electron chi connectivity index (χ3n) is 3.91. The average Bonchev–Trinajstić information content (AvgIpc) is 3.31. The van der Waals surface area contributed by atoms with Crippen LogP contribution in [0.15, 0.2) is 24.3 Å². The molecule has 0 spiro atoms. The van der Waals surface area contributed by atoms with Crippen molar-refractivity contribution in [3.8, 4) is 0 Å². The molecule has 1 atom stereocenters. The van der Waals surface area contributed by atoms with Gasteiger partial charge < -0.3 is 10.1 Å². The van der Waals surface area contributed by atoms with E-state index in [-0.39, 0.29) is 5.97 Å². The summed E-state index contributed by atoms with van der Waals surface area (Å²) < 4.78 is 5.29. The largest absolute Gasteiger partial charge is 0.465 e. The van der Waals surface area contributed by atoms with Crippen molar-refractivity contribution in [3.63, 3.8) is 0 Å². The van der Waals surface area contributed by atoms with Crippen molar-refractivity contribution in [2.45, 2.75) is 31.1 Å². The molecule has 1 N–H and O–H groups in total. The van der Waals surface area contributed by atoms with Gasteiger partial charge in [0.05, 0.1) is 6.61 Å². The van der Waals surface area contributed by atoms with Crippen LogP contribution in [0.4, 0.5) is 0 Å². The van der Waals surface area contributed by atoms with E-state index in [1.165, 1.54) is 0 Å². The highest BCUT2D eigenvalue weighted by Crippen LogP contribution is 2.42. The summed E-state index contributed by atoms with van der Waals surface area (Å²) in [5.41, 5.74) is 0.552. The van der Waals surface area contributed by atoms with E-state index >= 15 is 0 Å². The van der Waals surface area contributed by atoms with Crippen LogP contribution in [0.25, 0.3) is 0 Å². The number of ether oxygens (including phenoxy) is 1. The molecule has 5 heteroatoms. The molecule has 2 rings (SSSR count). The first-order valence-electron chi connectivity index (χ1n) is 7.31. The molecule has 1 aromatic rings. The molecule has 1 unspecified atom stereocenters. The first-order valence-corrected chi connectivity index (χ1v) is 8.84. The van der Waals surface area contributed by atoms with E-state index in [4.69, 9.17) is 16.3 Å². The molecular weight excluding hydrogens is 306 g/mol. The maximum absolute atomic E-state index is 12.4. The van der Waals surface area contributed by atoms with Crippen molar-refractivity contribution in [1.82, 2.24) is 5.32 Å². The van der Waals surface area contributed by atoms with Crippen molar-refractivity contribution >= 4 is 29.3 Å². The molecule has 1 saturated carbocycles. The summed E-state index contributed by atoms with van der Waals surface area (Å²) in [6, 6.07) is 7.84. The van der Waals surface area contributed by atoms with Crippen LogP contribution in [0.1, 0.15) is 25.3 Å². The van der Waals surface area contributed by atoms with Gasteiger partial charge in [-0.15, -0.1) is 0 Å². The number of esters is 1. The Morgan fingerprint density at radius 1 is 1.48 bits per heavy atom. The van der Waals surface area contributed by atoms with Gasteiger partial charge in [0.25, 0.3) is 0 Å². The van der Waals surface area contributed by atoms with E-state index in [0.29, 0.717) is 18.3 Å². The molecular formula is C16H22ClNO2S. The van der Waals surface area contributed by atoms with Crippen LogP contribution in [-0.4, -0.2) is 30.9 Å². The highest BCUT2D eigenvalue weighted by Gasteiger charge is 2.50. The van der Waals surface area contributed by atoms with E-state index in [0.717, 1.165) is 29.2 Å². The number of benzene rings is 1. The van der Waals surface area contributed by atoms with E-state index in [2.05, 4.69) is 5.32 Å². The lowest BCUT2D eigenvalue weighted by Gasteiger charge is -2.31. The fourth-order valence-electron chi connectivity index (χ4n) is 2.50. The Hall–Kier alpha value is -0.710. The van der Waals surface area contributed by atoms with Crippen LogP contribution in [-0.2, 0) is 15.3 Å². The molecule has 1 aliphatic carbocycles. The minimum Gasteiger partial charge on any atom is -0.465 e. The minimum absolute atomic E-state index is 0.123. The summed E-state index contributed by atoms with van der Waals surface area (Å²) in [6.07, 6.45) is 2.18. The highest BCUT2D eigenvalue weighted by atomic mass is 35.5. The predicted molar refractivity (Wildman–Crippen MR) is 88.8 cm³/mol. The predicted octanol–water partition coefficient (Wildman–Crippen LogP) is 3.50. The van der Waals surface area contributed by atoms with Crippen molar-refractivity contribution in [2.75, 3.05) is 19.4 Å². The van der Waals surface area contributed by atoms with E-state index < -0.39 is 5.54 Å². The Labute approximate surface area is 135 Å². The van der Waals surface area contributed by atoms with Gasteiger partial charge in [0.1, 0.15) is 5.54 Å². The number of likely N-dealkylation sites (N-methyl/N-ethyl adjacent to an activating group) is 1. The lowest BCUT2D eigenvalue weighted by atomic mass is 9.96. The SMILES string of the molecule is CCOC(=O)C(CSCc1ccccc1Cl)(NC)C1CC1. The standard InChI is InChI=1S/C16H22ClNO2S/c1-3-20-15(19)16(18-2,13-8-9-13)11-21-10-12-6-4-5-7-14(12)17/h4-7,13,18H,3,8-11H2,1-2H3. The van der Waals surface area contributed by atoms with Gasteiger partial charge in [-0.25, -0.2) is 0 Å². The fourth-order valence-corrected chi connectivity index (χ4v) is 4.17. The van der Waals surface area contributed by atoms with Gasteiger partial charge in [-0.3, -0.25) is 4.79 Å². The quantitative estimate of drug-likeness (QED) is 0.742. The number of hydrogen-bond acceptors (Lipinski definition) is 4. The molecule has 0 amide bonds. The maximum atomic E-state index is 12.4.